The van der Waals surface area contributed by atoms with Crippen LogP contribution in [0.15, 0.2) is 29.6 Å². The van der Waals surface area contributed by atoms with Gasteiger partial charge in [-0.3, -0.25) is 0 Å². The quantitative estimate of drug-likeness (QED) is 0.929. The van der Waals surface area contributed by atoms with Crippen LogP contribution < -0.4 is 10.6 Å². The average Bonchev–Trinajstić information content (AvgIpc) is 2.89. The fraction of sp³-hybridized carbons (Fsp3) is 0.286. The molecular formula is C14H16N4S. The van der Waals surface area contributed by atoms with Gasteiger partial charge in [-0.15, -0.1) is 11.3 Å². The summed E-state index contributed by atoms with van der Waals surface area (Å²) in [7, 11) is 0. The Hall–Kier alpha value is -2.06. The van der Waals surface area contributed by atoms with Crippen molar-refractivity contribution >= 4 is 22.8 Å². The summed E-state index contributed by atoms with van der Waals surface area (Å²) in [6.45, 7) is 5.01. The number of hydrogen-bond acceptors (Lipinski definition) is 5. The van der Waals surface area contributed by atoms with E-state index in [1.54, 1.807) is 17.4 Å². The van der Waals surface area contributed by atoms with Crippen LogP contribution in [0.3, 0.4) is 0 Å². The van der Waals surface area contributed by atoms with Gasteiger partial charge < -0.3 is 10.6 Å². The lowest BCUT2D eigenvalue weighted by atomic mass is 10.2. The summed E-state index contributed by atoms with van der Waals surface area (Å²) in [5, 5.41) is 11.1. The maximum Gasteiger partial charge on any atom is 0.165 e. The Labute approximate surface area is 117 Å². The largest absolute Gasteiger partial charge is 0.396 e. The molecule has 0 saturated carbocycles. The van der Waals surface area contributed by atoms with Crippen molar-refractivity contribution in [3.63, 3.8) is 0 Å². The highest BCUT2D eigenvalue weighted by atomic mass is 32.1. The van der Waals surface area contributed by atoms with Gasteiger partial charge in [0.15, 0.2) is 5.69 Å². The van der Waals surface area contributed by atoms with Gasteiger partial charge in [0, 0.05) is 10.9 Å². The maximum absolute atomic E-state index is 9.01. The summed E-state index contributed by atoms with van der Waals surface area (Å²) in [5.74, 6) is 0.786. The molecule has 0 aliphatic rings. The molecule has 2 heterocycles. The number of aromatic nitrogens is 1. The van der Waals surface area contributed by atoms with E-state index in [-0.39, 0.29) is 5.69 Å². The Balaban J connectivity index is 2.32. The monoisotopic (exact) mass is 272 g/mol. The molecule has 0 spiro atoms. The molecule has 2 rings (SSSR count). The number of nitriles is 1. The Kier molecular flexibility index (Phi) is 4.03. The number of anilines is 2. The van der Waals surface area contributed by atoms with Crippen molar-refractivity contribution in [3.05, 3.63) is 40.2 Å². The second-order valence-electron chi connectivity index (χ2n) is 4.52. The molecule has 0 amide bonds. The van der Waals surface area contributed by atoms with Crippen LogP contribution in [0.25, 0.3) is 0 Å². The van der Waals surface area contributed by atoms with Crippen LogP contribution in [-0.2, 0) is 6.54 Å². The highest BCUT2D eigenvalue weighted by Gasteiger charge is 2.14. The standard InChI is InChI=1S/C14H16N4S/c1-10(2)18(9-11-4-3-7-19-11)14-6-5-12(16)13(8-15)17-14/h3-7,10H,9,16H2,1-2H3. The molecule has 5 heteroatoms. The lowest BCUT2D eigenvalue weighted by Gasteiger charge is -2.27. The predicted molar refractivity (Wildman–Crippen MR) is 79.0 cm³/mol. The van der Waals surface area contributed by atoms with Crippen molar-refractivity contribution in [1.29, 1.82) is 5.26 Å². The van der Waals surface area contributed by atoms with Crippen LogP contribution in [0, 0.1) is 11.3 Å². The molecule has 2 aromatic rings. The van der Waals surface area contributed by atoms with Crippen molar-refractivity contribution in [3.8, 4) is 6.07 Å². The summed E-state index contributed by atoms with van der Waals surface area (Å²) in [6, 6.07) is 10.1. The molecule has 0 bridgehead atoms. The number of thiophene rings is 1. The smallest absolute Gasteiger partial charge is 0.165 e. The Morgan fingerprint density at radius 1 is 1.42 bits per heavy atom. The van der Waals surface area contributed by atoms with Gasteiger partial charge in [0.25, 0.3) is 0 Å². The normalized spacial score (nSPS) is 10.4. The number of hydrogen-bond donors (Lipinski definition) is 1. The molecule has 0 aromatic carbocycles. The van der Waals surface area contributed by atoms with E-state index in [0.29, 0.717) is 11.7 Å². The van der Waals surface area contributed by atoms with Gasteiger partial charge in [0.05, 0.1) is 12.2 Å². The third kappa shape index (κ3) is 3.04. The number of pyridine rings is 1. The van der Waals surface area contributed by atoms with Crippen LogP contribution in [0.5, 0.6) is 0 Å². The first kappa shape index (κ1) is 13.4. The molecule has 0 radical (unpaired) electrons. The summed E-state index contributed by atoms with van der Waals surface area (Å²) in [6.07, 6.45) is 0. The van der Waals surface area contributed by atoms with Gasteiger partial charge in [0.2, 0.25) is 0 Å². The highest BCUT2D eigenvalue weighted by Crippen LogP contribution is 2.22. The average molecular weight is 272 g/mol. The Morgan fingerprint density at radius 3 is 2.79 bits per heavy atom. The molecule has 0 atom stereocenters. The zero-order chi connectivity index (χ0) is 13.8. The van der Waals surface area contributed by atoms with Crippen LogP contribution in [0.4, 0.5) is 11.5 Å². The molecular weight excluding hydrogens is 256 g/mol. The molecule has 0 saturated heterocycles. The molecule has 0 aliphatic heterocycles. The molecule has 19 heavy (non-hydrogen) atoms. The molecule has 2 aromatic heterocycles. The summed E-state index contributed by atoms with van der Waals surface area (Å²) >= 11 is 1.72. The van der Waals surface area contributed by atoms with Gasteiger partial charge >= 0.3 is 0 Å². The van der Waals surface area contributed by atoms with Crippen LogP contribution in [0.1, 0.15) is 24.4 Å². The number of rotatable bonds is 4. The van der Waals surface area contributed by atoms with E-state index in [9.17, 15) is 0 Å². The van der Waals surface area contributed by atoms with Crippen LogP contribution in [0.2, 0.25) is 0 Å². The van der Waals surface area contributed by atoms with E-state index in [1.807, 2.05) is 18.2 Å². The fourth-order valence-corrected chi connectivity index (χ4v) is 2.51. The predicted octanol–water partition coefficient (Wildman–Crippen LogP) is 3.01. The minimum Gasteiger partial charge on any atom is -0.396 e. The fourth-order valence-electron chi connectivity index (χ4n) is 1.81. The van der Waals surface area contributed by atoms with Gasteiger partial charge in [-0.1, -0.05) is 6.07 Å². The molecule has 4 nitrogen and oxygen atoms in total. The van der Waals surface area contributed by atoms with Crippen LogP contribution >= 0.6 is 11.3 Å². The van der Waals surface area contributed by atoms with E-state index >= 15 is 0 Å². The zero-order valence-electron chi connectivity index (χ0n) is 11.0. The molecule has 0 aliphatic carbocycles. The Morgan fingerprint density at radius 2 is 2.21 bits per heavy atom. The van der Waals surface area contributed by atoms with Crippen LogP contribution in [-0.4, -0.2) is 11.0 Å². The van der Waals surface area contributed by atoms with Crippen molar-refractivity contribution in [2.75, 3.05) is 10.6 Å². The van der Waals surface area contributed by atoms with E-state index in [4.69, 9.17) is 11.0 Å². The first-order valence-corrected chi connectivity index (χ1v) is 6.95. The first-order valence-electron chi connectivity index (χ1n) is 6.07. The van der Waals surface area contributed by atoms with Gasteiger partial charge in [-0.2, -0.15) is 5.26 Å². The van der Waals surface area contributed by atoms with Crippen molar-refractivity contribution in [2.45, 2.75) is 26.4 Å². The second-order valence-corrected chi connectivity index (χ2v) is 5.55. The summed E-state index contributed by atoms with van der Waals surface area (Å²) in [4.78, 5) is 7.77. The molecule has 98 valence electrons. The molecule has 0 fully saturated rings. The Bertz CT molecular complexity index is 584. The first-order chi connectivity index (χ1) is 9.11. The van der Waals surface area contributed by atoms with Gasteiger partial charge in [-0.25, -0.2) is 4.98 Å². The maximum atomic E-state index is 9.01. The third-order valence-corrected chi connectivity index (χ3v) is 3.70. The molecule has 0 unspecified atom stereocenters. The summed E-state index contributed by atoms with van der Waals surface area (Å²) < 4.78 is 0. The topological polar surface area (TPSA) is 65.9 Å². The van der Waals surface area contributed by atoms with Crippen molar-refractivity contribution in [1.82, 2.24) is 4.98 Å². The second kappa shape index (κ2) is 5.72. The van der Waals surface area contributed by atoms with E-state index in [1.165, 1.54) is 4.88 Å². The van der Waals surface area contributed by atoms with E-state index in [2.05, 4.69) is 35.2 Å². The zero-order valence-corrected chi connectivity index (χ0v) is 11.8. The van der Waals surface area contributed by atoms with Crippen molar-refractivity contribution in [2.24, 2.45) is 0 Å². The third-order valence-electron chi connectivity index (χ3n) is 2.84. The minimum absolute atomic E-state index is 0.286. The highest BCUT2D eigenvalue weighted by molar-refractivity contribution is 7.09. The van der Waals surface area contributed by atoms with Crippen molar-refractivity contribution < 1.29 is 0 Å². The number of nitrogens with two attached hydrogens (primary N) is 1. The summed E-state index contributed by atoms with van der Waals surface area (Å²) in [5.41, 5.74) is 6.42. The lowest BCUT2D eigenvalue weighted by Crippen LogP contribution is -2.30. The van der Waals surface area contributed by atoms with E-state index < -0.39 is 0 Å². The number of nitrogen functional groups attached to an aromatic ring is 1. The van der Waals surface area contributed by atoms with E-state index in [0.717, 1.165) is 12.4 Å². The number of nitrogens with zero attached hydrogens (tertiary/aromatic N) is 3. The molecule has 2 N–H and O–H groups in total. The SMILES string of the molecule is CC(C)N(Cc1cccs1)c1ccc(N)c(C#N)n1. The minimum atomic E-state index is 0.286. The lowest BCUT2D eigenvalue weighted by molar-refractivity contribution is 0.677. The van der Waals surface area contributed by atoms with Gasteiger partial charge in [0.1, 0.15) is 11.9 Å². The van der Waals surface area contributed by atoms with Gasteiger partial charge in [-0.05, 0) is 37.4 Å².